The average Bonchev–Trinajstić information content (AvgIpc) is 2.35. The summed E-state index contributed by atoms with van der Waals surface area (Å²) in [6.45, 7) is 0. The lowest BCUT2D eigenvalue weighted by molar-refractivity contribution is 0.0317. The average molecular weight is 290 g/mol. The van der Waals surface area contributed by atoms with Gasteiger partial charge in [0.05, 0.1) is 13.2 Å². The zero-order valence-electron chi connectivity index (χ0n) is 8.63. The van der Waals surface area contributed by atoms with E-state index in [0.717, 1.165) is 0 Å². The second-order valence-electron chi connectivity index (χ2n) is 3.10. The van der Waals surface area contributed by atoms with Gasteiger partial charge in [0, 0.05) is 17.1 Å². The highest BCUT2D eigenvalue weighted by Gasteiger charge is 2.24. The molecule has 0 saturated heterocycles. The zero-order valence-corrected chi connectivity index (χ0v) is 10.2. The molecule has 0 fully saturated rings. The molecule has 0 saturated carbocycles. The first-order valence-corrected chi connectivity index (χ1v) is 5.69. The van der Waals surface area contributed by atoms with Crippen LogP contribution in [0.15, 0.2) is 18.3 Å². The third-order valence-corrected chi connectivity index (χ3v) is 2.72. The Morgan fingerprint density at radius 1 is 1.62 bits per heavy atom. The fourth-order valence-corrected chi connectivity index (χ4v) is 1.57. The van der Waals surface area contributed by atoms with Crippen LogP contribution in [0.5, 0.6) is 0 Å². The predicted molar refractivity (Wildman–Crippen MR) is 60.3 cm³/mol. The third-order valence-electron chi connectivity index (χ3n) is 2.06. The monoisotopic (exact) mass is 289 g/mol. The Labute approximate surface area is 101 Å². The molecule has 0 amide bonds. The number of esters is 1. The normalized spacial score (nSPS) is 14.2. The van der Waals surface area contributed by atoms with E-state index in [1.165, 1.54) is 19.4 Å². The van der Waals surface area contributed by atoms with E-state index < -0.39 is 18.2 Å². The maximum atomic E-state index is 11.4. The second kappa shape index (κ2) is 5.93. The summed E-state index contributed by atoms with van der Waals surface area (Å²) < 4.78 is 4.53. The number of carbonyl (C=O) groups is 1. The quantitative estimate of drug-likeness (QED) is 0.629. The van der Waals surface area contributed by atoms with Crippen LogP contribution in [0.4, 0.5) is 0 Å². The van der Waals surface area contributed by atoms with Crippen LogP contribution in [-0.2, 0) is 4.74 Å². The van der Waals surface area contributed by atoms with Gasteiger partial charge in [-0.25, -0.2) is 9.78 Å². The smallest absolute Gasteiger partial charge is 0.357 e. The van der Waals surface area contributed by atoms with Gasteiger partial charge in [-0.2, -0.15) is 0 Å². The van der Waals surface area contributed by atoms with E-state index in [1.54, 1.807) is 6.07 Å². The van der Waals surface area contributed by atoms with E-state index in [0.29, 0.717) is 0 Å². The second-order valence-corrected chi connectivity index (χ2v) is 3.75. The van der Waals surface area contributed by atoms with Crippen molar-refractivity contribution in [1.29, 1.82) is 0 Å². The molecule has 6 heteroatoms. The summed E-state index contributed by atoms with van der Waals surface area (Å²) in [6, 6.07) is 3.10. The van der Waals surface area contributed by atoms with Crippen LogP contribution in [0.1, 0.15) is 22.2 Å². The number of pyridine rings is 1. The molecule has 0 spiro atoms. The minimum atomic E-state index is -1.18. The molecule has 0 aromatic carbocycles. The Hall–Kier alpha value is -0.980. The molecule has 0 aliphatic heterocycles. The number of halogens is 1. The fraction of sp³-hybridized carbons (Fsp3) is 0.400. The Kier molecular flexibility index (Phi) is 4.85. The van der Waals surface area contributed by atoms with Crippen molar-refractivity contribution in [3.63, 3.8) is 0 Å². The lowest BCUT2D eigenvalue weighted by Crippen LogP contribution is -2.22. The number of hydrogen-bond acceptors (Lipinski definition) is 5. The summed E-state index contributed by atoms with van der Waals surface area (Å²) in [5.41, 5.74) is 0.263. The molecule has 0 radical (unpaired) electrons. The van der Waals surface area contributed by atoms with E-state index in [-0.39, 0.29) is 16.6 Å². The molecule has 2 unspecified atom stereocenters. The number of rotatable bonds is 4. The van der Waals surface area contributed by atoms with Crippen LogP contribution < -0.4 is 0 Å². The van der Waals surface area contributed by atoms with Crippen LogP contribution >= 0.6 is 15.9 Å². The minimum Gasteiger partial charge on any atom is -0.464 e. The number of aromatic nitrogens is 1. The Bertz CT molecular complexity index is 372. The maximum absolute atomic E-state index is 11.4. The van der Waals surface area contributed by atoms with Crippen molar-refractivity contribution in [2.45, 2.75) is 12.2 Å². The summed E-state index contributed by atoms with van der Waals surface area (Å²) in [7, 11) is 1.23. The molecule has 5 nitrogen and oxygen atoms in total. The molecule has 88 valence electrons. The lowest BCUT2D eigenvalue weighted by Gasteiger charge is -2.17. The first-order valence-electron chi connectivity index (χ1n) is 4.57. The van der Waals surface area contributed by atoms with Crippen LogP contribution in [0.3, 0.4) is 0 Å². The molecule has 2 atom stereocenters. The van der Waals surface area contributed by atoms with Crippen molar-refractivity contribution < 1.29 is 19.7 Å². The predicted octanol–water partition coefficient (Wildman–Crippen LogP) is 0.657. The zero-order chi connectivity index (χ0) is 12.1. The SMILES string of the molecule is COC(=O)c1ncccc1C(O)C(O)CBr. The molecular weight excluding hydrogens is 278 g/mol. The molecule has 16 heavy (non-hydrogen) atoms. The molecule has 0 aliphatic carbocycles. The van der Waals surface area contributed by atoms with Gasteiger partial charge in [-0.1, -0.05) is 22.0 Å². The summed E-state index contributed by atoms with van der Waals surface area (Å²) in [5, 5.41) is 19.5. The van der Waals surface area contributed by atoms with Gasteiger partial charge >= 0.3 is 5.97 Å². The van der Waals surface area contributed by atoms with E-state index in [9.17, 15) is 15.0 Å². The number of methoxy groups -OCH3 is 1. The Morgan fingerprint density at radius 2 is 2.31 bits per heavy atom. The van der Waals surface area contributed by atoms with Gasteiger partial charge in [0.25, 0.3) is 0 Å². The van der Waals surface area contributed by atoms with Gasteiger partial charge in [0.2, 0.25) is 0 Å². The van der Waals surface area contributed by atoms with Crippen molar-refractivity contribution >= 4 is 21.9 Å². The maximum Gasteiger partial charge on any atom is 0.357 e. The Balaban J connectivity index is 3.08. The molecule has 1 aromatic rings. The number of alkyl halides is 1. The fourth-order valence-electron chi connectivity index (χ4n) is 1.22. The van der Waals surface area contributed by atoms with E-state index in [1.807, 2.05) is 0 Å². The third kappa shape index (κ3) is 2.78. The summed E-state index contributed by atoms with van der Waals surface area (Å²) in [4.78, 5) is 15.2. The van der Waals surface area contributed by atoms with Gasteiger partial charge in [-0.15, -0.1) is 0 Å². The number of hydrogen-bond donors (Lipinski definition) is 2. The van der Waals surface area contributed by atoms with Gasteiger partial charge in [0.1, 0.15) is 6.10 Å². The highest BCUT2D eigenvalue weighted by Crippen LogP contribution is 2.21. The molecule has 0 aliphatic rings. The van der Waals surface area contributed by atoms with Crippen LogP contribution in [-0.4, -0.2) is 39.7 Å². The van der Waals surface area contributed by atoms with Gasteiger partial charge in [0.15, 0.2) is 5.69 Å². The first kappa shape index (κ1) is 13.1. The van der Waals surface area contributed by atoms with Crippen molar-refractivity contribution in [2.24, 2.45) is 0 Å². The highest BCUT2D eigenvalue weighted by molar-refractivity contribution is 9.09. The Morgan fingerprint density at radius 3 is 2.88 bits per heavy atom. The van der Waals surface area contributed by atoms with Gasteiger partial charge in [-0.05, 0) is 6.07 Å². The van der Waals surface area contributed by atoms with Crippen molar-refractivity contribution in [3.8, 4) is 0 Å². The molecule has 0 bridgehead atoms. The topological polar surface area (TPSA) is 79.7 Å². The molecule has 1 heterocycles. The molecule has 1 aromatic heterocycles. The van der Waals surface area contributed by atoms with Crippen LogP contribution in [0.2, 0.25) is 0 Å². The molecule has 1 rings (SSSR count). The molecule has 2 N–H and O–H groups in total. The number of aliphatic hydroxyl groups is 2. The van der Waals surface area contributed by atoms with E-state index in [4.69, 9.17) is 0 Å². The molecular formula is C10H12BrNO4. The van der Waals surface area contributed by atoms with E-state index in [2.05, 4.69) is 25.7 Å². The van der Waals surface area contributed by atoms with Crippen LogP contribution in [0.25, 0.3) is 0 Å². The lowest BCUT2D eigenvalue weighted by atomic mass is 10.0. The highest BCUT2D eigenvalue weighted by atomic mass is 79.9. The number of ether oxygens (including phenoxy) is 1. The minimum absolute atomic E-state index is 0.0116. The number of aliphatic hydroxyl groups excluding tert-OH is 2. The largest absolute Gasteiger partial charge is 0.464 e. The van der Waals surface area contributed by atoms with Crippen molar-refractivity contribution in [3.05, 3.63) is 29.6 Å². The number of carbonyl (C=O) groups excluding carboxylic acids is 1. The van der Waals surface area contributed by atoms with Crippen LogP contribution in [0, 0.1) is 0 Å². The summed E-state index contributed by atoms with van der Waals surface area (Å²) in [5.74, 6) is -0.642. The standard InChI is InChI=1S/C10H12BrNO4/c1-16-10(15)8-6(3-2-4-12-8)9(14)7(13)5-11/h2-4,7,9,13-14H,5H2,1H3. The van der Waals surface area contributed by atoms with Gasteiger partial charge in [-0.3, -0.25) is 0 Å². The van der Waals surface area contributed by atoms with Crippen molar-refractivity contribution in [1.82, 2.24) is 4.98 Å². The summed E-state index contributed by atoms with van der Waals surface area (Å²) >= 11 is 3.04. The van der Waals surface area contributed by atoms with E-state index >= 15 is 0 Å². The van der Waals surface area contributed by atoms with Gasteiger partial charge < -0.3 is 14.9 Å². The van der Waals surface area contributed by atoms with Crippen molar-refractivity contribution in [2.75, 3.05) is 12.4 Å². The summed E-state index contributed by atoms with van der Waals surface area (Å²) in [6.07, 6.45) is -0.766. The number of nitrogens with zero attached hydrogens (tertiary/aromatic N) is 1. The first-order chi connectivity index (χ1) is 7.61.